The van der Waals surface area contributed by atoms with Crippen LogP contribution in [0.3, 0.4) is 0 Å². The van der Waals surface area contributed by atoms with Gasteiger partial charge in [0.15, 0.2) is 5.76 Å². The standard InChI is InChI=1S/C17H13BrN2O3/c1-19-16(21)11-5-2-6-12(8-11)20-17(22)14-9-10-4-3-7-13(18)15(10)23-14/h2-9H,1H3,(H,19,21)(H,20,22). The molecule has 0 unspecified atom stereocenters. The van der Waals surface area contributed by atoms with Gasteiger partial charge in [-0.25, -0.2) is 0 Å². The predicted molar refractivity (Wildman–Crippen MR) is 91.7 cm³/mol. The number of nitrogens with one attached hydrogen (secondary N) is 2. The Labute approximate surface area is 140 Å². The molecule has 0 spiro atoms. The van der Waals surface area contributed by atoms with Gasteiger partial charge in [-0.1, -0.05) is 18.2 Å². The average molecular weight is 373 g/mol. The third-order valence-electron chi connectivity index (χ3n) is 3.33. The predicted octanol–water partition coefficient (Wildman–Crippen LogP) is 3.81. The van der Waals surface area contributed by atoms with Gasteiger partial charge in [0.2, 0.25) is 0 Å². The van der Waals surface area contributed by atoms with Crippen LogP contribution in [0.5, 0.6) is 0 Å². The summed E-state index contributed by atoms with van der Waals surface area (Å²) in [5.74, 6) is -0.381. The summed E-state index contributed by atoms with van der Waals surface area (Å²) in [6, 6.07) is 14.0. The summed E-state index contributed by atoms with van der Waals surface area (Å²) in [6.45, 7) is 0. The van der Waals surface area contributed by atoms with Crippen molar-refractivity contribution in [2.24, 2.45) is 0 Å². The van der Waals surface area contributed by atoms with Crippen LogP contribution in [0.4, 0.5) is 5.69 Å². The number of anilines is 1. The van der Waals surface area contributed by atoms with Crippen LogP contribution < -0.4 is 10.6 Å². The summed E-state index contributed by atoms with van der Waals surface area (Å²) in [5, 5.41) is 6.11. The quantitative estimate of drug-likeness (QED) is 0.734. The molecule has 23 heavy (non-hydrogen) atoms. The molecule has 2 amide bonds. The summed E-state index contributed by atoms with van der Waals surface area (Å²) in [7, 11) is 1.56. The lowest BCUT2D eigenvalue weighted by molar-refractivity contribution is 0.0960. The maximum Gasteiger partial charge on any atom is 0.291 e. The zero-order chi connectivity index (χ0) is 16.4. The first-order valence-corrected chi connectivity index (χ1v) is 7.69. The maximum atomic E-state index is 12.3. The van der Waals surface area contributed by atoms with Crippen LogP contribution in [0.25, 0.3) is 11.0 Å². The number of amides is 2. The molecule has 0 aliphatic rings. The number of halogens is 1. The summed E-state index contributed by atoms with van der Waals surface area (Å²) < 4.78 is 6.38. The van der Waals surface area contributed by atoms with Crippen molar-refractivity contribution in [1.82, 2.24) is 5.32 Å². The third-order valence-corrected chi connectivity index (χ3v) is 3.95. The average Bonchev–Trinajstić information content (AvgIpc) is 3.00. The van der Waals surface area contributed by atoms with E-state index in [4.69, 9.17) is 4.42 Å². The molecular formula is C17H13BrN2O3. The molecule has 2 N–H and O–H groups in total. The Kier molecular flexibility index (Phi) is 4.16. The number of carbonyl (C=O) groups excluding carboxylic acids is 2. The van der Waals surface area contributed by atoms with Crippen molar-refractivity contribution >= 4 is 44.4 Å². The minimum Gasteiger partial charge on any atom is -0.450 e. The van der Waals surface area contributed by atoms with E-state index >= 15 is 0 Å². The molecule has 0 saturated heterocycles. The number of carbonyl (C=O) groups is 2. The van der Waals surface area contributed by atoms with Gasteiger partial charge in [0, 0.05) is 23.7 Å². The molecule has 1 aromatic heterocycles. The number of benzene rings is 2. The largest absolute Gasteiger partial charge is 0.450 e. The number of furan rings is 1. The highest BCUT2D eigenvalue weighted by molar-refractivity contribution is 9.10. The fourth-order valence-corrected chi connectivity index (χ4v) is 2.68. The molecule has 0 aliphatic carbocycles. The van der Waals surface area contributed by atoms with Crippen molar-refractivity contribution in [3.63, 3.8) is 0 Å². The SMILES string of the molecule is CNC(=O)c1cccc(NC(=O)c2cc3cccc(Br)c3o2)c1. The topological polar surface area (TPSA) is 71.3 Å². The van der Waals surface area contributed by atoms with E-state index in [2.05, 4.69) is 26.6 Å². The molecule has 5 nitrogen and oxygen atoms in total. The highest BCUT2D eigenvalue weighted by atomic mass is 79.9. The van der Waals surface area contributed by atoms with E-state index in [1.165, 1.54) is 0 Å². The molecule has 0 radical (unpaired) electrons. The lowest BCUT2D eigenvalue weighted by Gasteiger charge is -2.05. The van der Waals surface area contributed by atoms with Gasteiger partial charge < -0.3 is 15.1 Å². The highest BCUT2D eigenvalue weighted by Crippen LogP contribution is 2.27. The second-order valence-electron chi connectivity index (χ2n) is 4.88. The summed E-state index contributed by atoms with van der Waals surface area (Å²) in [6.07, 6.45) is 0. The molecule has 1 heterocycles. The molecule has 0 saturated carbocycles. The zero-order valence-corrected chi connectivity index (χ0v) is 13.8. The molecular weight excluding hydrogens is 360 g/mol. The van der Waals surface area contributed by atoms with E-state index in [0.29, 0.717) is 16.8 Å². The Morgan fingerprint density at radius 3 is 2.57 bits per heavy atom. The van der Waals surface area contributed by atoms with E-state index < -0.39 is 0 Å². The van der Waals surface area contributed by atoms with E-state index in [9.17, 15) is 9.59 Å². The second-order valence-corrected chi connectivity index (χ2v) is 5.74. The first kappa shape index (κ1) is 15.3. The number of hydrogen-bond acceptors (Lipinski definition) is 3. The number of rotatable bonds is 3. The normalized spacial score (nSPS) is 10.5. The molecule has 116 valence electrons. The smallest absolute Gasteiger partial charge is 0.291 e. The van der Waals surface area contributed by atoms with Crippen LogP contribution in [0.2, 0.25) is 0 Å². The van der Waals surface area contributed by atoms with Crippen molar-refractivity contribution in [2.75, 3.05) is 12.4 Å². The minimum absolute atomic E-state index is 0.206. The van der Waals surface area contributed by atoms with Gasteiger partial charge >= 0.3 is 0 Å². The molecule has 3 aromatic rings. The number of fused-ring (bicyclic) bond motifs is 1. The van der Waals surface area contributed by atoms with Gasteiger partial charge in [-0.15, -0.1) is 0 Å². The fraction of sp³-hybridized carbons (Fsp3) is 0.0588. The van der Waals surface area contributed by atoms with Gasteiger partial charge in [0.25, 0.3) is 11.8 Å². The third kappa shape index (κ3) is 3.12. The summed E-state index contributed by atoms with van der Waals surface area (Å²) >= 11 is 3.39. The Hall–Kier alpha value is -2.60. The fourth-order valence-electron chi connectivity index (χ4n) is 2.21. The van der Waals surface area contributed by atoms with E-state index in [-0.39, 0.29) is 17.6 Å². The first-order valence-electron chi connectivity index (χ1n) is 6.90. The molecule has 0 fully saturated rings. The van der Waals surface area contributed by atoms with Crippen molar-refractivity contribution in [3.05, 3.63) is 64.3 Å². The Morgan fingerprint density at radius 1 is 1.04 bits per heavy atom. The van der Waals surface area contributed by atoms with E-state index in [1.807, 2.05) is 18.2 Å². The molecule has 0 atom stereocenters. The van der Waals surface area contributed by atoms with Crippen LogP contribution in [-0.4, -0.2) is 18.9 Å². The molecule has 2 aromatic carbocycles. The Bertz CT molecular complexity index is 902. The molecule has 6 heteroatoms. The molecule has 3 rings (SSSR count). The van der Waals surface area contributed by atoms with Crippen molar-refractivity contribution in [2.45, 2.75) is 0 Å². The summed E-state index contributed by atoms with van der Waals surface area (Å²) in [4.78, 5) is 24.0. The van der Waals surface area contributed by atoms with Crippen LogP contribution in [0, 0.1) is 0 Å². The summed E-state index contributed by atoms with van der Waals surface area (Å²) in [5.41, 5.74) is 1.62. The van der Waals surface area contributed by atoms with Crippen molar-refractivity contribution < 1.29 is 14.0 Å². The first-order chi connectivity index (χ1) is 11.1. The monoisotopic (exact) mass is 372 g/mol. The zero-order valence-electron chi connectivity index (χ0n) is 12.2. The van der Waals surface area contributed by atoms with Crippen LogP contribution in [0.1, 0.15) is 20.9 Å². The Morgan fingerprint density at radius 2 is 1.83 bits per heavy atom. The lowest BCUT2D eigenvalue weighted by atomic mass is 10.2. The van der Waals surface area contributed by atoms with Crippen molar-refractivity contribution in [1.29, 1.82) is 0 Å². The van der Waals surface area contributed by atoms with E-state index in [0.717, 1.165) is 9.86 Å². The van der Waals surface area contributed by atoms with Gasteiger partial charge in [-0.3, -0.25) is 9.59 Å². The maximum absolute atomic E-state index is 12.3. The molecule has 0 bridgehead atoms. The lowest BCUT2D eigenvalue weighted by Crippen LogP contribution is -2.18. The van der Waals surface area contributed by atoms with Crippen molar-refractivity contribution in [3.8, 4) is 0 Å². The Balaban J connectivity index is 1.86. The minimum atomic E-state index is -0.373. The van der Waals surface area contributed by atoms with Crippen LogP contribution in [0.15, 0.2) is 57.4 Å². The second kappa shape index (κ2) is 6.26. The highest BCUT2D eigenvalue weighted by Gasteiger charge is 2.14. The van der Waals surface area contributed by atoms with Gasteiger partial charge in [-0.05, 0) is 46.3 Å². The van der Waals surface area contributed by atoms with Crippen LogP contribution >= 0.6 is 15.9 Å². The van der Waals surface area contributed by atoms with Gasteiger partial charge in [0.05, 0.1) is 4.47 Å². The van der Waals surface area contributed by atoms with E-state index in [1.54, 1.807) is 37.4 Å². The number of hydrogen-bond donors (Lipinski definition) is 2. The number of para-hydroxylation sites is 1. The van der Waals surface area contributed by atoms with Crippen LogP contribution in [-0.2, 0) is 0 Å². The van der Waals surface area contributed by atoms with Gasteiger partial charge in [-0.2, -0.15) is 0 Å². The van der Waals surface area contributed by atoms with Gasteiger partial charge in [0.1, 0.15) is 5.58 Å². The molecule has 0 aliphatic heterocycles.